The van der Waals surface area contributed by atoms with E-state index in [1.165, 1.54) is 38.2 Å². The summed E-state index contributed by atoms with van der Waals surface area (Å²) >= 11 is 0. The highest BCUT2D eigenvalue weighted by molar-refractivity contribution is 6.03. The molecule has 1 heterocycles. The van der Waals surface area contributed by atoms with Gasteiger partial charge in [0.25, 0.3) is 11.5 Å². The first-order chi connectivity index (χ1) is 13.8. The van der Waals surface area contributed by atoms with Crippen LogP contribution in [0.2, 0.25) is 0 Å². The summed E-state index contributed by atoms with van der Waals surface area (Å²) in [5, 5.41) is 7.22. The summed E-state index contributed by atoms with van der Waals surface area (Å²) in [6.45, 7) is 1.41. The van der Waals surface area contributed by atoms with Crippen molar-refractivity contribution in [2.45, 2.75) is 13.0 Å². The van der Waals surface area contributed by atoms with Gasteiger partial charge in [-0.3, -0.25) is 14.4 Å². The van der Waals surface area contributed by atoms with E-state index in [4.69, 9.17) is 10.5 Å². The van der Waals surface area contributed by atoms with Crippen LogP contribution >= 0.6 is 0 Å². The van der Waals surface area contributed by atoms with Gasteiger partial charge in [0.05, 0.1) is 5.39 Å². The van der Waals surface area contributed by atoms with Gasteiger partial charge in [-0.25, -0.2) is 9.48 Å². The Morgan fingerprint density at radius 2 is 1.69 bits per heavy atom. The van der Waals surface area contributed by atoms with Gasteiger partial charge in [0.1, 0.15) is 0 Å². The van der Waals surface area contributed by atoms with E-state index >= 15 is 0 Å². The molecule has 3 rings (SSSR count). The van der Waals surface area contributed by atoms with Crippen LogP contribution in [-0.4, -0.2) is 33.7 Å². The number of rotatable bonds is 5. The van der Waals surface area contributed by atoms with Crippen LogP contribution in [0.4, 0.5) is 5.69 Å². The van der Waals surface area contributed by atoms with Crippen LogP contribution < -0.4 is 16.6 Å². The number of hydrogen-bond acceptors (Lipinski definition) is 6. The average molecular weight is 394 g/mol. The molecule has 1 atom stereocenters. The number of hydrogen-bond donors (Lipinski definition) is 2. The second kappa shape index (κ2) is 7.93. The summed E-state index contributed by atoms with van der Waals surface area (Å²) in [6, 6.07) is 12.5. The number of nitrogens with two attached hydrogens (primary N) is 1. The third-order valence-electron chi connectivity index (χ3n) is 4.24. The number of aromatic nitrogens is 2. The minimum absolute atomic E-state index is 0.0619. The lowest BCUT2D eigenvalue weighted by Gasteiger charge is -2.14. The molecule has 0 saturated carbocycles. The first kappa shape index (κ1) is 19.7. The summed E-state index contributed by atoms with van der Waals surface area (Å²) in [6.07, 6.45) is -1.13. The smallest absolute Gasteiger partial charge is 0.360 e. The lowest BCUT2D eigenvalue weighted by atomic mass is 10.1. The molecule has 0 fully saturated rings. The zero-order valence-electron chi connectivity index (χ0n) is 15.7. The van der Waals surface area contributed by atoms with Crippen LogP contribution in [0.25, 0.3) is 10.8 Å². The van der Waals surface area contributed by atoms with Crippen LogP contribution in [0.3, 0.4) is 0 Å². The van der Waals surface area contributed by atoms with E-state index < -0.39 is 23.9 Å². The van der Waals surface area contributed by atoms with Crippen molar-refractivity contribution in [1.82, 2.24) is 9.78 Å². The molecule has 0 spiro atoms. The fraction of sp³-hybridized carbons (Fsp3) is 0.150. The van der Waals surface area contributed by atoms with Crippen molar-refractivity contribution < 1.29 is 19.1 Å². The number of fused-ring (bicyclic) bond motifs is 1. The average Bonchev–Trinajstić information content (AvgIpc) is 2.71. The minimum Gasteiger partial charge on any atom is -0.448 e. The molecule has 0 radical (unpaired) electrons. The first-order valence-electron chi connectivity index (χ1n) is 8.65. The number of esters is 1. The van der Waals surface area contributed by atoms with Crippen molar-refractivity contribution in [3.8, 4) is 0 Å². The maximum absolute atomic E-state index is 12.6. The Balaban J connectivity index is 1.76. The Hall–Kier alpha value is -4.01. The van der Waals surface area contributed by atoms with E-state index in [0.717, 1.165) is 4.68 Å². The molecule has 2 aromatic carbocycles. The number of nitrogens with zero attached hydrogens (tertiary/aromatic N) is 2. The summed E-state index contributed by atoms with van der Waals surface area (Å²) < 4.78 is 6.28. The van der Waals surface area contributed by atoms with Crippen LogP contribution in [0.15, 0.2) is 53.3 Å². The highest BCUT2D eigenvalue weighted by Crippen LogP contribution is 2.15. The van der Waals surface area contributed by atoms with Gasteiger partial charge >= 0.3 is 5.97 Å². The molecular weight excluding hydrogens is 376 g/mol. The van der Waals surface area contributed by atoms with Crippen LogP contribution in [0.1, 0.15) is 27.8 Å². The monoisotopic (exact) mass is 394 g/mol. The third-order valence-corrected chi connectivity index (χ3v) is 4.24. The van der Waals surface area contributed by atoms with E-state index in [0.29, 0.717) is 22.0 Å². The summed E-state index contributed by atoms with van der Waals surface area (Å²) in [5.74, 6) is -1.98. The molecule has 0 unspecified atom stereocenters. The number of aryl methyl sites for hydroxylation is 1. The second-order valence-electron chi connectivity index (χ2n) is 6.30. The normalized spacial score (nSPS) is 11.7. The number of nitrogens with one attached hydrogen (secondary N) is 1. The number of anilines is 1. The predicted molar refractivity (Wildman–Crippen MR) is 105 cm³/mol. The molecule has 0 aliphatic heterocycles. The van der Waals surface area contributed by atoms with E-state index in [9.17, 15) is 19.2 Å². The highest BCUT2D eigenvalue weighted by atomic mass is 16.5. The molecule has 0 aliphatic carbocycles. The lowest BCUT2D eigenvalue weighted by Crippen LogP contribution is -2.31. The molecule has 3 aromatic rings. The molecule has 29 heavy (non-hydrogen) atoms. The van der Waals surface area contributed by atoms with Crippen LogP contribution in [0.5, 0.6) is 0 Å². The van der Waals surface area contributed by atoms with Crippen molar-refractivity contribution >= 4 is 34.2 Å². The van der Waals surface area contributed by atoms with Gasteiger partial charge in [0.2, 0.25) is 5.91 Å². The maximum atomic E-state index is 12.6. The molecule has 9 heteroatoms. The summed E-state index contributed by atoms with van der Waals surface area (Å²) in [7, 11) is 1.43. The largest absolute Gasteiger partial charge is 0.448 e. The molecule has 3 N–H and O–H groups in total. The zero-order chi connectivity index (χ0) is 21.1. The number of carbonyl (C=O) groups excluding carboxylic acids is 3. The fourth-order valence-corrected chi connectivity index (χ4v) is 2.68. The van der Waals surface area contributed by atoms with Gasteiger partial charge in [-0.15, -0.1) is 0 Å². The molecule has 9 nitrogen and oxygen atoms in total. The van der Waals surface area contributed by atoms with E-state index in [-0.39, 0.29) is 11.3 Å². The Kier molecular flexibility index (Phi) is 5.40. The SMILES string of the molecule is C[C@@H](OC(=O)c1nn(C)c(=O)c2ccccc12)C(=O)Nc1ccc(C(N)=O)cc1. The molecular formula is C20H18N4O5. The quantitative estimate of drug-likeness (QED) is 0.625. The van der Waals surface area contributed by atoms with Crippen LogP contribution in [-0.2, 0) is 16.6 Å². The van der Waals surface area contributed by atoms with E-state index in [1.807, 2.05) is 0 Å². The minimum atomic E-state index is -1.13. The Morgan fingerprint density at radius 1 is 1.07 bits per heavy atom. The van der Waals surface area contributed by atoms with Crippen molar-refractivity contribution in [2.24, 2.45) is 12.8 Å². The van der Waals surface area contributed by atoms with Crippen molar-refractivity contribution in [2.75, 3.05) is 5.32 Å². The number of ether oxygens (including phenoxy) is 1. The molecule has 2 amide bonds. The first-order valence-corrected chi connectivity index (χ1v) is 8.65. The zero-order valence-corrected chi connectivity index (χ0v) is 15.7. The summed E-state index contributed by atoms with van der Waals surface area (Å²) in [4.78, 5) is 48.1. The highest BCUT2D eigenvalue weighted by Gasteiger charge is 2.23. The van der Waals surface area contributed by atoms with Gasteiger partial charge in [0.15, 0.2) is 11.8 Å². The predicted octanol–water partition coefficient (Wildman–Crippen LogP) is 1.22. The Labute approximate surface area is 165 Å². The molecule has 0 saturated heterocycles. The Morgan fingerprint density at radius 3 is 2.31 bits per heavy atom. The molecule has 148 valence electrons. The standard InChI is InChI=1S/C20H18N4O5/c1-11(18(26)22-13-9-7-12(8-10-13)17(21)25)29-20(28)16-14-5-3-4-6-15(14)19(27)24(2)23-16/h3-11H,1-2H3,(H2,21,25)(H,22,26)/t11-/m1/s1. The van der Waals surface area contributed by atoms with Crippen molar-refractivity contribution in [1.29, 1.82) is 0 Å². The Bertz CT molecular complexity index is 1170. The number of benzene rings is 2. The maximum Gasteiger partial charge on any atom is 0.360 e. The number of carbonyl (C=O) groups is 3. The third kappa shape index (κ3) is 4.13. The fourth-order valence-electron chi connectivity index (χ4n) is 2.68. The van der Waals surface area contributed by atoms with Gasteiger partial charge in [-0.2, -0.15) is 5.10 Å². The topological polar surface area (TPSA) is 133 Å². The van der Waals surface area contributed by atoms with Gasteiger partial charge in [-0.05, 0) is 37.3 Å². The lowest BCUT2D eigenvalue weighted by molar-refractivity contribution is -0.123. The van der Waals surface area contributed by atoms with Crippen molar-refractivity contribution in [3.63, 3.8) is 0 Å². The molecule has 1 aromatic heterocycles. The molecule has 0 bridgehead atoms. The van der Waals surface area contributed by atoms with Gasteiger partial charge < -0.3 is 15.8 Å². The van der Waals surface area contributed by atoms with Gasteiger partial charge in [0, 0.05) is 23.7 Å². The summed E-state index contributed by atoms with van der Waals surface area (Å²) in [5.41, 5.74) is 5.48. The molecule has 0 aliphatic rings. The van der Waals surface area contributed by atoms with E-state index in [1.54, 1.807) is 24.3 Å². The van der Waals surface area contributed by atoms with Crippen molar-refractivity contribution in [3.05, 3.63) is 70.1 Å². The second-order valence-corrected chi connectivity index (χ2v) is 6.30. The van der Waals surface area contributed by atoms with E-state index in [2.05, 4.69) is 10.4 Å². The van der Waals surface area contributed by atoms with Crippen LogP contribution in [0, 0.1) is 0 Å². The number of amides is 2. The number of primary amides is 1. The van der Waals surface area contributed by atoms with Gasteiger partial charge in [-0.1, -0.05) is 18.2 Å².